The molecule has 0 saturated carbocycles. The second-order valence-corrected chi connectivity index (χ2v) is 6.83. The number of benzene rings is 1. The van der Waals surface area contributed by atoms with Crippen LogP contribution in [0.5, 0.6) is 0 Å². The Hall–Kier alpha value is -1.47. The highest BCUT2D eigenvalue weighted by Gasteiger charge is 2.34. The number of halogens is 4. The van der Waals surface area contributed by atoms with Crippen molar-refractivity contribution in [2.75, 3.05) is 32.7 Å². The number of carbonyl (C=O) groups excluding carboxylic acids is 1. The Bertz CT molecular complexity index is 608. The first-order chi connectivity index (χ1) is 11.6. The third-order valence-electron chi connectivity index (χ3n) is 4.77. The van der Waals surface area contributed by atoms with Crippen molar-refractivity contribution in [2.45, 2.75) is 38.9 Å². The Morgan fingerprint density at radius 3 is 2.20 bits per heavy atom. The average molecular weight is 360 g/mol. The van der Waals surface area contributed by atoms with Gasteiger partial charge in [-0.3, -0.25) is 14.6 Å². The van der Waals surface area contributed by atoms with E-state index in [2.05, 4.69) is 23.6 Å². The number of alkyl halides is 3. The summed E-state index contributed by atoms with van der Waals surface area (Å²) in [7, 11) is 0. The van der Waals surface area contributed by atoms with E-state index in [-0.39, 0.29) is 5.78 Å². The molecule has 1 atom stereocenters. The standard InChI is InChI=1S/C18H24F4N2O/c1-12(2)24-8-6-23(7-9-24)11-15(13(3)25)14-4-5-16(17(19)10-14)18(20,21)22/h4-5,10,12,15H,6-9,11H2,1-3H3/t15-/m0/s1. The first kappa shape index (κ1) is 19.8. The Morgan fingerprint density at radius 2 is 1.76 bits per heavy atom. The van der Waals surface area contributed by atoms with Gasteiger partial charge in [-0.25, -0.2) is 4.39 Å². The predicted molar refractivity (Wildman–Crippen MR) is 88.0 cm³/mol. The van der Waals surface area contributed by atoms with Crippen molar-refractivity contribution in [2.24, 2.45) is 0 Å². The van der Waals surface area contributed by atoms with E-state index in [0.717, 1.165) is 38.3 Å². The zero-order valence-electron chi connectivity index (χ0n) is 14.7. The quantitative estimate of drug-likeness (QED) is 0.751. The molecule has 7 heteroatoms. The number of carbonyl (C=O) groups is 1. The Balaban J connectivity index is 2.12. The molecule has 0 spiro atoms. The first-order valence-corrected chi connectivity index (χ1v) is 8.43. The van der Waals surface area contributed by atoms with Gasteiger partial charge in [-0.15, -0.1) is 0 Å². The lowest BCUT2D eigenvalue weighted by Crippen LogP contribution is -2.50. The van der Waals surface area contributed by atoms with E-state index in [9.17, 15) is 22.4 Å². The molecular weight excluding hydrogens is 336 g/mol. The van der Waals surface area contributed by atoms with Crippen molar-refractivity contribution in [3.8, 4) is 0 Å². The van der Waals surface area contributed by atoms with Crippen molar-refractivity contribution in [1.29, 1.82) is 0 Å². The van der Waals surface area contributed by atoms with Crippen LogP contribution in [0.25, 0.3) is 0 Å². The molecule has 1 aromatic carbocycles. The fourth-order valence-electron chi connectivity index (χ4n) is 3.17. The molecule has 2 rings (SSSR count). The van der Waals surface area contributed by atoms with Crippen LogP contribution in [0.4, 0.5) is 17.6 Å². The summed E-state index contributed by atoms with van der Waals surface area (Å²) in [6.07, 6.45) is -4.73. The number of rotatable bonds is 5. The maximum atomic E-state index is 13.8. The molecule has 0 bridgehead atoms. The molecule has 0 aliphatic carbocycles. The van der Waals surface area contributed by atoms with Gasteiger partial charge in [0.2, 0.25) is 0 Å². The lowest BCUT2D eigenvalue weighted by molar-refractivity contribution is -0.140. The second kappa shape index (κ2) is 7.83. The van der Waals surface area contributed by atoms with Gasteiger partial charge in [0.15, 0.2) is 0 Å². The van der Waals surface area contributed by atoms with Crippen LogP contribution in [0.3, 0.4) is 0 Å². The number of hydrogen-bond donors (Lipinski definition) is 0. The molecule has 1 fully saturated rings. The maximum absolute atomic E-state index is 13.8. The van der Waals surface area contributed by atoms with E-state index < -0.39 is 23.5 Å². The van der Waals surface area contributed by atoms with Crippen LogP contribution in [0, 0.1) is 5.82 Å². The van der Waals surface area contributed by atoms with Gasteiger partial charge in [0.05, 0.1) is 11.5 Å². The number of Topliss-reactive ketones (excluding diaryl/α,β-unsaturated/α-hetero) is 1. The summed E-state index contributed by atoms with van der Waals surface area (Å²) in [6, 6.07) is 3.23. The van der Waals surface area contributed by atoms with Crippen LogP contribution in [-0.4, -0.2) is 54.3 Å². The molecule has 1 saturated heterocycles. The molecule has 25 heavy (non-hydrogen) atoms. The van der Waals surface area contributed by atoms with Crippen molar-refractivity contribution in [1.82, 2.24) is 9.80 Å². The first-order valence-electron chi connectivity index (χ1n) is 8.43. The fourth-order valence-corrected chi connectivity index (χ4v) is 3.17. The Kier molecular flexibility index (Phi) is 6.21. The Labute approximate surface area is 145 Å². The normalized spacial score (nSPS) is 18.6. The van der Waals surface area contributed by atoms with E-state index in [1.807, 2.05) is 0 Å². The summed E-state index contributed by atoms with van der Waals surface area (Å²) in [5.74, 6) is -2.13. The summed E-state index contributed by atoms with van der Waals surface area (Å²) in [5.41, 5.74) is -1.01. The number of hydrogen-bond acceptors (Lipinski definition) is 3. The van der Waals surface area contributed by atoms with Crippen LogP contribution in [0.2, 0.25) is 0 Å². The summed E-state index contributed by atoms with van der Waals surface area (Å²) in [4.78, 5) is 16.4. The fraction of sp³-hybridized carbons (Fsp3) is 0.611. The molecule has 140 valence electrons. The minimum atomic E-state index is -4.73. The highest BCUT2D eigenvalue weighted by molar-refractivity contribution is 5.83. The lowest BCUT2D eigenvalue weighted by Gasteiger charge is -2.38. The molecule has 0 aromatic heterocycles. The molecule has 0 N–H and O–H groups in total. The number of piperazine rings is 1. The van der Waals surface area contributed by atoms with Crippen LogP contribution in [0.1, 0.15) is 37.8 Å². The van der Waals surface area contributed by atoms with Gasteiger partial charge in [-0.1, -0.05) is 6.07 Å². The second-order valence-electron chi connectivity index (χ2n) is 6.83. The zero-order chi connectivity index (χ0) is 18.8. The topological polar surface area (TPSA) is 23.6 Å². The smallest absolute Gasteiger partial charge is 0.300 e. The van der Waals surface area contributed by atoms with E-state index in [1.165, 1.54) is 13.0 Å². The lowest BCUT2D eigenvalue weighted by atomic mass is 9.93. The molecule has 1 aliphatic rings. The highest BCUT2D eigenvalue weighted by atomic mass is 19.4. The van der Waals surface area contributed by atoms with Gasteiger partial charge < -0.3 is 0 Å². The van der Waals surface area contributed by atoms with Crippen molar-refractivity contribution in [3.05, 3.63) is 35.1 Å². The summed E-state index contributed by atoms with van der Waals surface area (Å²) in [6.45, 7) is 9.36. The molecule has 0 unspecified atom stereocenters. The zero-order valence-corrected chi connectivity index (χ0v) is 14.7. The van der Waals surface area contributed by atoms with Gasteiger partial charge in [0.25, 0.3) is 0 Å². The number of nitrogens with zero attached hydrogens (tertiary/aromatic N) is 2. The monoisotopic (exact) mass is 360 g/mol. The molecule has 1 aromatic rings. The summed E-state index contributed by atoms with van der Waals surface area (Å²) >= 11 is 0. The van der Waals surface area contributed by atoms with Gasteiger partial charge in [0, 0.05) is 38.8 Å². The molecular formula is C18H24F4N2O. The minimum absolute atomic E-state index is 0.176. The minimum Gasteiger partial charge on any atom is -0.300 e. The van der Waals surface area contributed by atoms with Gasteiger partial charge >= 0.3 is 6.18 Å². The van der Waals surface area contributed by atoms with Gasteiger partial charge in [0.1, 0.15) is 11.6 Å². The molecule has 1 aliphatic heterocycles. The van der Waals surface area contributed by atoms with Crippen LogP contribution < -0.4 is 0 Å². The predicted octanol–water partition coefficient (Wildman–Crippen LogP) is 3.54. The van der Waals surface area contributed by atoms with E-state index in [0.29, 0.717) is 18.2 Å². The summed E-state index contributed by atoms with van der Waals surface area (Å²) < 4.78 is 51.9. The SMILES string of the molecule is CC(=O)[C@H](CN1CCN(C(C)C)CC1)c1ccc(C(F)(F)F)c(F)c1. The summed E-state index contributed by atoms with van der Waals surface area (Å²) in [5, 5.41) is 0. The van der Waals surface area contributed by atoms with Gasteiger partial charge in [-0.2, -0.15) is 13.2 Å². The molecule has 0 radical (unpaired) electrons. The van der Waals surface area contributed by atoms with E-state index in [4.69, 9.17) is 0 Å². The Morgan fingerprint density at radius 1 is 1.16 bits per heavy atom. The maximum Gasteiger partial charge on any atom is 0.419 e. The van der Waals surface area contributed by atoms with Crippen molar-refractivity contribution >= 4 is 5.78 Å². The third kappa shape index (κ3) is 5.01. The molecule has 0 amide bonds. The highest BCUT2D eigenvalue weighted by Crippen LogP contribution is 2.33. The third-order valence-corrected chi connectivity index (χ3v) is 4.77. The van der Waals surface area contributed by atoms with Crippen LogP contribution in [-0.2, 0) is 11.0 Å². The number of ketones is 1. The van der Waals surface area contributed by atoms with Gasteiger partial charge in [-0.05, 0) is 38.5 Å². The molecule has 3 nitrogen and oxygen atoms in total. The van der Waals surface area contributed by atoms with Crippen molar-refractivity contribution in [3.63, 3.8) is 0 Å². The van der Waals surface area contributed by atoms with Crippen LogP contribution >= 0.6 is 0 Å². The molecule has 1 heterocycles. The average Bonchev–Trinajstić information content (AvgIpc) is 2.51. The van der Waals surface area contributed by atoms with E-state index in [1.54, 1.807) is 0 Å². The van der Waals surface area contributed by atoms with Crippen LogP contribution in [0.15, 0.2) is 18.2 Å². The van der Waals surface area contributed by atoms with Crippen molar-refractivity contribution < 1.29 is 22.4 Å². The largest absolute Gasteiger partial charge is 0.419 e. The van der Waals surface area contributed by atoms with E-state index >= 15 is 0 Å².